The Morgan fingerprint density at radius 3 is 1.52 bits per heavy atom. The van der Waals surface area contributed by atoms with Gasteiger partial charge in [-0.2, -0.15) is 0 Å². The molecule has 3 N–H and O–H groups in total. The van der Waals surface area contributed by atoms with Gasteiger partial charge in [0.05, 0.1) is 17.2 Å². The molecule has 0 spiro atoms. The van der Waals surface area contributed by atoms with E-state index in [9.17, 15) is 28.8 Å². The van der Waals surface area contributed by atoms with Crippen molar-refractivity contribution in [1.29, 1.82) is 0 Å². The highest BCUT2D eigenvalue weighted by Crippen LogP contribution is 2.49. The van der Waals surface area contributed by atoms with E-state index >= 15 is 0 Å². The lowest BCUT2D eigenvalue weighted by atomic mass is 9.84. The second-order valence-electron chi connectivity index (χ2n) is 17.5. The molecule has 0 aliphatic carbocycles. The molecule has 0 aliphatic heterocycles. The molecule has 62 heavy (non-hydrogen) atoms. The summed E-state index contributed by atoms with van der Waals surface area (Å²) in [4.78, 5) is 81.6. The molecule has 0 aromatic heterocycles. The Labute approximate surface area is 370 Å². The van der Waals surface area contributed by atoms with Crippen molar-refractivity contribution < 1.29 is 38.2 Å². The first-order valence-electron chi connectivity index (χ1n) is 20.9. The first kappa shape index (κ1) is 48.9. The molecular weight excluding hydrogens is 803 g/mol. The van der Waals surface area contributed by atoms with Gasteiger partial charge in [-0.15, -0.1) is 11.8 Å². The lowest BCUT2D eigenvalue weighted by Crippen LogP contribution is -2.57. The minimum Gasteiger partial charge on any atom is -0.460 e. The maximum Gasteiger partial charge on any atom is 0.408 e. The van der Waals surface area contributed by atoms with E-state index in [0.29, 0.717) is 6.42 Å². The average molecular weight is 864 g/mol. The zero-order valence-corrected chi connectivity index (χ0v) is 37.9. The van der Waals surface area contributed by atoms with Gasteiger partial charge in [-0.25, -0.2) is 4.79 Å². The minimum atomic E-state index is -1.44. The van der Waals surface area contributed by atoms with Crippen LogP contribution in [0.15, 0.2) is 121 Å². The van der Waals surface area contributed by atoms with E-state index in [1.165, 1.54) is 18.7 Å². The number of nitrogens with one attached hydrogen (secondary N) is 3. The molecule has 4 aromatic rings. The first-order valence-corrected chi connectivity index (χ1v) is 21.9. The SMILES string of the molecule is CC(=O)[C@H](CSC(c1ccccc1)(c1ccccc1)c1ccccc1)CC(=O)[C@H](CC(=O)OC(C)(C)C)NC(=O)[C@H](CNC(=O)[C@H](C)Cc1ccccc1)NC(=O)OC(C)(C)C. The third kappa shape index (κ3) is 15.0. The molecular formula is C50H61N3O8S. The molecule has 4 aromatic carbocycles. The molecule has 0 bridgehead atoms. The van der Waals surface area contributed by atoms with Crippen LogP contribution < -0.4 is 16.0 Å². The number of Topliss-reactive ketones (excluding diaryl/α,β-unsaturated/α-hetero) is 2. The third-order valence-electron chi connectivity index (χ3n) is 9.88. The van der Waals surface area contributed by atoms with E-state index in [2.05, 4.69) is 16.0 Å². The number of alkyl carbamates (subject to hydrolysis) is 1. The highest BCUT2D eigenvalue weighted by molar-refractivity contribution is 8.00. The number of amides is 3. The van der Waals surface area contributed by atoms with Crippen molar-refractivity contribution in [2.75, 3.05) is 12.3 Å². The molecule has 0 saturated heterocycles. The summed E-state index contributed by atoms with van der Waals surface area (Å²) in [5.74, 6) is -3.86. The molecule has 0 heterocycles. The van der Waals surface area contributed by atoms with E-state index in [1.807, 2.05) is 121 Å². The zero-order valence-electron chi connectivity index (χ0n) is 37.1. The highest BCUT2D eigenvalue weighted by atomic mass is 32.2. The van der Waals surface area contributed by atoms with Crippen LogP contribution in [0.25, 0.3) is 0 Å². The van der Waals surface area contributed by atoms with Crippen LogP contribution in [0.2, 0.25) is 0 Å². The topological polar surface area (TPSA) is 157 Å². The van der Waals surface area contributed by atoms with Gasteiger partial charge in [0.1, 0.15) is 23.0 Å². The van der Waals surface area contributed by atoms with Crippen molar-refractivity contribution in [1.82, 2.24) is 16.0 Å². The molecule has 4 rings (SSSR count). The van der Waals surface area contributed by atoms with Gasteiger partial charge in [0.25, 0.3) is 0 Å². The van der Waals surface area contributed by atoms with Crippen molar-refractivity contribution in [3.05, 3.63) is 144 Å². The van der Waals surface area contributed by atoms with Crippen molar-refractivity contribution in [2.45, 2.75) is 103 Å². The quantitative estimate of drug-likeness (QED) is 0.0592. The van der Waals surface area contributed by atoms with Crippen molar-refractivity contribution in [3.8, 4) is 0 Å². The number of carbonyl (C=O) groups is 6. The molecule has 0 unspecified atom stereocenters. The summed E-state index contributed by atoms with van der Waals surface area (Å²) < 4.78 is 10.2. The average Bonchev–Trinajstić information content (AvgIpc) is 3.21. The molecule has 12 heteroatoms. The Morgan fingerprint density at radius 2 is 1.06 bits per heavy atom. The fourth-order valence-electron chi connectivity index (χ4n) is 6.86. The van der Waals surface area contributed by atoms with E-state index in [1.54, 1.807) is 48.5 Å². The largest absolute Gasteiger partial charge is 0.460 e. The van der Waals surface area contributed by atoms with E-state index in [0.717, 1.165) is 22.3 Å². The third-order valence-corrected chi connectivity index (χ3v) is 11.6. The monoisotopic (exact) mass is 863 g/mol. The molecule has 3 amide bonds. The van der Waals surface area contributed by atoms with Crippen molar-refractivity contribution in [2.24, 2.45) is 11.8 Å². The Hall–Kier alpha value is -5.75. The number of ether oxygens (including phenoxy) is 2. The summed E-state index contributed by atoms with van der Waals surface area (Å²) >= 11 is 1.53. The number of esters is 1. The van der Waals surface area contributed by atoms with Crippen molar-refractivity contribution >= 4 is 47.2 Å². The van der Waals surface area contributed by atoms with E-state index in [-0.39, 0.29) is 30.4 Å². The lowest BCUT2D eigenvalue weighted by molar-refractivity contribution is -0.156. The normalized spacial score (nSPS) is 13.7. The maximum absolute atomic E-state index is 14.4. The predicted molar refractivity (Wildman–Crippen MR) is 243 cm³/mol. The van der Waals surface area contributed by atoms with Crippen LogP contribution in [0.3, 0.4) is 0 Å². The maximum atomic E-state index is 14.4. The van der Waals surface area contributed by atoms with Gasteiger partial charge < -0.3 is 25.4 Å². The smallest absolute Gasteiger partial charge is 0.408 e. The lowest BCUT2D eigenvalue weighted by Gasteiger charge is -2.36. The number of benzene rings is 4. The summed E-state index contributed by atoms with van der Waals surface area (Å²) in [6.45, 7) is 12.9. The molecule has 0 aliphatic rings. The Kier molecular flexibility index (Phi) is 17.7. The highest BCUT2D eigenvalue weighted by Gasteiger charge is 2.39. The summed E-state index contributed by atoms with van der Waals surface area (Å²) in [5.41, 5.74) is 2.09. The molecule has 330 valence electrons. The van der Waals surface area contributed by atoms with Gasteiger partial charge in [-0.05, 0) is 77.1 Å². The van der Waals surface area contributed by atoms with Gasteiger partial charge >= 0.3 is 12.1 Å². The van der Waals surface area contributed by atoms with E-state index in [4.69, 9.17) is 9.47 Å². The van der Waals surface area contributed by atoms with Gasteiger partial charge in [-0.3, -0.25) is 24.0 Å². The molecule has 0 radical (unpaired) electrons. The van der Waals surface area contributed by atoms with Crippen LogP contribution in [0.4, 0.5) is 4.79 Å². The molecule has 0 saturated carbocycles. The summed E-state index contributed by atoms with van der Waals surface area (Å²) in [6, 6.07) is 36.5. The second kappa shape index (κ2) is 22.4. The molecule has 11 nitrogen and oxygen atoms in total. The van der Waals surface area contributed by atoms with E-state index < -0.39 is 70.0 Å². The van der Waals surface area contributed by atoms with Gasteiger partial charge in [-0.1, -0.05) is 128 Å². The van der Waals surface area contributed by atoms with Crippen molar-refractivity contribution in [3.63, 3.8) is 0 Å². The second-order valence-corrected chi connectivity index (χ2v) is 18.7. The fourth-order valence-corrected chi connectivity index (χ4v) is 8.58. The van der Waals surface area contributed by atoms with Crippen LogP contribution in [0.5, 0.6) is 0 Å². The number of thioether (sulfide) groups is 1. The number of rotatable bonds is 20. The van der Waals surface area contributed by atoms with Gasteiger partial charge in [0.15, 0.2) is 5.78 Å². The number of hydrogen-bond acceptors (Lipinski definition) is 9. The van der Waals surface area contributed by atoms with Crippen LogP contribution in [-0.4, -0.2) is 71.0 Å². The summed E-state index contributed by atoms with van der Waals surface area (Å²) in [6.07, 6.45) is -1.33. The Bertz CT molecular complexity index is 2010. The molecule has 4 atom stereocenters. The zero-order chi connectivity index (χ0) is 45.5. The van der Waals surface area contributed by atoms with Crippen LogP contribution >= 0.6 is 11.8 Å². The Morgan fingerprint density at radius 1 is 0.597 bits per heavy atom. The molecule has 0 fully saturated rings. The Balaban J connectivity index is 1.63. The minimum absolute atomic E-state index is 0.211. The predicted octanol–water partition coefficient (Wildman–Crippen LogP) is 7.98. The summed E-state index contributed by atoms with van der Waals surface area (Å²) in [5, 5.41) is 7.93. The summed E-state index contributed by atoms with van der Waals surface area (Å²) in [7, 11) is 0. The van der Waals surface area contributed by atoms with Gasteiger partial charge in [0.2, 0.25) is 11.8 Å². The fraction of sp³-hybridized carbons (Fsp3) is 0.400. The first-order chi connectivity index (χ1) is 29.3. The van der Waals surface area contributed by atoms with Crippen LogP contribution in [0, 0.1) is 11.8 Å². The van der Waals surface area contributed by atoms with Crippen LogP contribution in [-0.2, 0) is 44.6 Å². The van der Waals surface area contributed by atoms with Crippen LogP contribution in [0.1, 0.15) is 90.5 Å². The number of ketones is 2. The standard InChI is InChI=1S/C50H61N3O8S/c1-34(29-36-21-13-9-14-22-36)45(57)51-32-42(53-47(59)61-49(6,7)8)46(58)52-41(31-44(56)60-48(3,4)5)43(55)30-37(35(2)54)33-62-50(38-23-15-10-16-24-38,39-25-17-11-18-26-39)40-27-19-12-20-28-40/h9-28,34,37,41-42H,29-33H2,1-8H3,(H,51,57)(H,52,58)(H,53,59)/t34-,37+,41+,42+/m1/s1. The number of carbonyl (C=O) groups excluding carboxylic acids is 6. The van der Waals surface area contributed by atoms with Gasteiger partial charge in [0, 0.05) is 30.6 Å². The number of hydrogen-bond donors (Lipinski definition) is 3.